The summed E-state index contributed by atoms with van der Waals surface area (Å²) in [5, 5.41) is 2.63. The maximum absolute atomic E-state index is 12.4. The average Bonchev–Trinajstić information content (AvgIpc) is 3.32. The van der Waals surface area contributed by atoms with E-state index >= 15 is 0 Å². The first-order chi connectivity index (χ1) is 12.5. The predicted molar refractivity (Wildman–Crippen MR) is 95.2 cm³/mol. The zero-order valence-electron chi connectivity index (χ0n) is 14.1. The number of amides is 1. The molecule has 2 heterocycles. The third-order valence-electron chi connectivity index (χ3n) is 3.65. The summed E-state index contributed by atoms with van der Waals surface area (Å²) >= 11 is 0. The average molecular weight is 374 g/mol. The van der Waals surface area contributed by atoms with Gasteiger partial charge in [-0.15, -0.1) is 0 Å². The summed E-state index contributed by atoms with van der Waals surface area (Å²) in [6, 6.07) is 12.7. The van der Waals surface area contributed by atoms with Gasteiger partial charge in [-0.05, 0) is 42.5 Å². The van der Waals surface area contributed by atoms with Crippen molar-refractivity contribution < 1.29 is 22.0 Å². The van der Waals surface area contributed by atoms with Crippen molar-refractivity contribution in [3.8, 4) is 0 Å². The van der Waals surface area contributed by atoms with Gasteiger partial charge in [-0.2, -0.15) is 0 Å². The number of carbonyl (C=O) groups is 1. The highest BCUT2D eigenvalue weighted by Crippen LogP contribution is 2.17. The van der Waals surface area contributed by atoms with Crippen LogP contribution in [0.5, 0.6) is 0 Å². The fourth-order valence-corrected chi connectivity index (χ4v) is 3.33. The van der Waals surface area contributed by atoms with Gasteiger partial charge in [0.1, 0.15) is 11.5 Å². The second-order valence-electron chi connectivity index (χ2n) is 5.51. The molecule has 3 aromatic rings. The molecular formula is C18H18N2O5S. The number of furan rings is 2. The Kier molecular flexibility index (Phi) is 5.24. The molecule has 0 aliphatic rings. The van der Waals surface area contributed by atoms with Crippen LogP contribution in [0.1, 0.15) is 29.0 Å². The largest absolute Gasteiger partial charge is 0.468 e. The molecule has 2 aromatic heterocycles. The molecule has 0 fully saturated rings. The molecule has 0 atom stereocenters. The topological polar surface area (TPSA) is 102 Å². The highest BCUT2D eigenvalue weighted by molar-refractivity contribution is 7.89. The summed E-state index contributed by atoms with van der Waals surface area (Å²) in [5.74, 6) is 0.935. The van der Waals surface area contributed by atoms with Gasteiger partial charge < -0.3 is 14.2 Å². The van der Waals surface area contributed by atoms with Crippen molar-refractivity contribution >= 4 is 21.6 Å². The van der Waals surface area contributed by atoms with Gasteiger partial charge in [0.15, 0.2) is 5.76 Å². The fraction of sp³-hybridized carbons (Fsp3) is 0.167. The van der Waals surface area contributed by atoms with Crippen molar-refractivity contribution in [3.05, 3.63) is 72.1 Å². The van der Waals surface area contributed by atoms with Crippen LogP contribution in [-0.2, 0) is 23.0 Å². The van der Waals surface area contributed by atoms with Crippen LogP contribution in [0.25, 0.3) is 0 Å². The zero-order chi connectivity index (χ0) is 18.6. The van der Waals surface area contributed by atoms with Crippen LogP contribution in [0.4, 0.5) is 5.69 Å². The second-order valence-corrected chi connectivity index (χ2v) is 7.27. The molecule has 0 unspecified atom stereocenters. The Morgan fingerprint density at radius 1 is 1.08 bits per heavy atom. The van der Waals surface area contributed by atoms with Gasteiger partial charge in [-0.3, -0.25) is 4.79 Å². The van der Waals surface area contributed by atoms with E-state index in [1.807, 2.05) is 6.92 Å². The molecule has 0 saturated heterocycles. The summed E-state index contributed by atoms with van der Waals surface area (Å²) in [7, 11) is -3.74. The van der Waals surface area contributed by atoms with Crippen molar-refractivity contribution in [2.75, 3.05) is 5.32 Å². The first-order valence-corrected chi connectivity index (χ1v) is 9.48. The molecule has 0 radical (unpaired) electrons. The Bertz CT molecular complexity index is 990. The van der Waals surface area contributed by atoms with E-state index in [0.29, 0.717) is 23.6 Å². The van der Waals surface area contributed by atoms with E-state index < -0.39 is 15.9 Å². The van der Waals surface area contributed by atoms with E-state index in [2.05, 4.69) is 10.0 Å². The molecule has 0 spiro atoms. The molecular weight excluding hydrogens is 356 g/mol. The molecule has 0 aliphatic heterocycles. The molecule has 3 rings (SSSR count). The standard InChI is InChI=1S/C18H18N2O5S/c1-2-14-8-9-17(25-14)18(21)20-13-5-3-7-16(11-13)26(22,23)19-12-15-6-4-10-24-15/h3-11,19H,2,12H2,1H3,(H,20,21). The van der Waals surface area contributed by atoms with Crippen molar-refractivity contribution in [2.45, 2.75) is 24.8 Å². The van der Waals surface area contributed by atoms with E-state index in [1.165, 1.54) is 18.4 Å². The minimum Gasteiger partial charge on any atom is -0.468 e. The van der Waals surface area contributed by atoms with Gasteiger partial charge in [0.25, 0.3) is 5.91 Å². The monoisotopic (exact) mass is 374 g/mol. The van der Waals surface area contributed by atoms with Crippen LogP contribution in [-0.4, -0.2) is 14.3 Å². The van der Waals surface area contributed by atoms with Crippen molar-refractivity contribution in [3.63, 3.8) is 0 Å². The van der Waals surface area contributed by atoms with Crippen LogP contribution in [0.2, 0.25) is 0 Å². The van der Waals surface area contributed by atoms with Gasteiger partial charge in [0, 0.05) is 12.1 Å². The lowest BCUT2D eigenvalue weighted by atomic mass is 10.3. The molecule has 136 valence electrons. The quantitative estimate of drug-likeness (QED) is 0.661. The SMILES string of the molecule is CCc1ccc(C(=O)Nc2cccc(S(=O)(=O)NCc3ccco3)c2)o1. The molecule has 0 aliphatic carbocycles. The van der Waals surface area contributed by atoms with Gasteiger partial charge >= 0.3 is 0 Å². The maximum Gasteiger partial charge on any atom is 0.291 e. The number of rotatable bonds is 7. The third kappa shape index (κ3) is 4.22. The minimum absolute atomic E-state index is 0.0375. The molecule has 0 bridgehead atoms. The molecule has 1 aromatic carbocycles. The first kappa shape index (κ1) is 18.0. The smallest absolute Gasteiger partial charge is 0.291 e. The van der Waals surface area contributed by atoms with Gasteiger partial charge in [-0.25, -0.2) is 13.1 Å². The van der Waals surface area contributed by atoms with E-state index in [4.69, 9.17) is 8.83 Å². The van der Waals surface area contributed by atoms with Crippen LogP contribution in [0.3, 0.4) is 0 Å². The number of anilines is 1. The van der Waals surface area contributed by atoms with Crippen LogP contribution in [0.15, 0.2) is 68.5 Å². The number of hydrogen-bond acceptors (Lipinski definition) is 5. The van der Waals surface area contributed by atoms with Crippen LogP contribution in [0, 0.1) is 0 Å². The van der Waals surface area contributed by atoms with Gasteiger partial charge in [0.2, 0.25) is 10.0 Å². The number of benzene rings is 1. The van der Waals surface area contributed by atoms with E-state index in [9.17, 15) is 13.2 Å². The highest BCUT2D eigenvalue weighted by atomic mass is 32.2. The lowest BCUT2D eigenvalue weighted by Crippen LogP contribution is -2.23. The second kappa shape index (κ2) is 7.59. The molecule has 26 heavy (non-hydrogen) atoms. The summed E-state index contributed by atoms with van der Waals surface area (Å²) in [6.45, 7) is 1.96. The Morgan fingerprint density at radius 3 is 2.62 bits per heavy atom. The highest BCUT2D eigenvalue weighted by Gasteiger charge is 2.16. The fourth-order valence-electron chi connectivity index (χ4n) is 2.29. The Balaban J connectivity index is 1.71. The number of aryl methyl sites for hydroxylation is 1. The number of sulfonamides is 1. The van der Waals surface area contributed by atoms with E-state index in [-0.39, 0.29) is 17.2 Å². The Hall–Kier alpha value is -2.84. The zero-order valence-corrected chi connectivity index (χ0v) is 14.9. The predicted octanol–water partition coefficient (Wildman–Crippen LogP) is 3.17. The van der Waals surface area contributed by atoms with E-state index in [1.54, 1.807) is 36.4 Å². The maximum atomic E-state index is 12.4. The number of nitrogens with one attached hydrogen (secondary N) is 2. The summed E-state index contributed by atoms with van der Waals surface area (Å²) in [4.78, 5) is 12.2. The van der Waals surface area contributed by atoms with Crippen molar-refractivity contribution in [1.82, 2.24) is 4.72 Å². The molecule has 8 heteroatoms. The molecule has 7 nitrogen and oxygen atoms in total. The van der Waals surface area contributed by atoms with Crippen LogP contribution < -0.4 is 10.0 Å². The summed E-state index contributed by atoms with van der Waals surface area (Å²) < 4.78 is 37.7. The molecule has 1 amide bonds. The summed E-state index contributed by atoms with van der Waals surface area (Å²) in [6.07, 6.45) is 2.15. The van der Waals surface area contributed by atoms with Crippen LogP contribution >= 0.6 is 0 Å². The van der Waals surface area contributed by atoms with Gasteiger partial charge in [0.05, 0.1) is 17.7 Å². The lowest BCUT2D eigenvalue weighted by Gasteiger charge is -2.08. The lowest BCUT2D eigenvalue weighted by molar-refractivity contribution is 0.0995. The van der Waals surface area contributed by atoms with Gasteiger partial charge in [-0.1, -0.05) is 13.0 Å². The van der Waals surface area contributed by atoms with Crippen molar-refractivity contribution in [2.24, 2.45) is 0 Å². The Labute approximate surface area is 151 Å². The summed E-state index contributed by atoms with van der Waals surface area (Å²) in [5.41, 5.74) is 0.352. The number of carbonyl (C=O) groups excluding carboxylic acids is 1. The minimum atomic E-state index is -3.74. The van der Waals surface area contributed by atoms with E-state index in [0.717, 1.165) is 0 Å². The van der Waals surface area contributed by atoms with Crippen molar-refractivity contribution in [1.29, 1.82) is 0 Å². The molecule has 0 saturated carbocycles. The third-order valence-corrected chi connectivity index (χ3v) is 5.05. The normalized spacial score (nSPS) is 11.4. The molecule has 2 N–H and O–H groups in total. The Morgan fingerprint density at radius 2 is 1.92 bits per heavy atom. The first-order valence-electron chi connectivity index (χ1n) is 8.00. The number of hydrogen-bond donors (Lipinski definition) is 2.